The standard InChI is InChI=1S/C15H24N2O3/c1-12(13-7-5-4-6-8-13)17(9-10-19-2)15(18)14(16)11-20-3/h4-8,12,14H,9-11,16H2,1-3H3. The van der Waals surface area contributed by atoms with Crippen molar-refractivity contribution in [3.05, 3.63) is 35.9 Å². The normalized spacial score (nSPS) is 13.8. The molecule has 0 saturated carbocycles. The van der Waals surface area contributed by atoms with Crippen LogP contribution in [0, 0.1) is 0 Å². The number of carbonyl (C=O) groups excluding carboxylic acids is 1. The fraction of sp³-hybridized carbons (Fsp3) is 0.533. The fourth-order valence-corrected chi connectivity index (χ4v) is 2.06. The van der Waals surface area contributed by atoms with E-state index in [1.54, 1.807) is 12.0 Å². The molecule has 0 aliphatic carbocycles. The maximum atomic E-state index is 12.4. The second-order valence-corrected chi connectivity index (χ2v) is 4.67. The molecule has 0 radical (unpaired) electrons. The molecule has 0 fully saturated rings. The summed E-state index contributed by atoms with van der Waals surface area (Å²) >= 11 is 0. The van der Waals surface area contributed by atoms with Crippen LogP contribution in [-0.4, -0.2) is 50.8 Å². The molecule has 0 saturated heterocycles. The Morgan fingerprint density at radius 1 is 1.25 bits per heavy atom. The SMILES string of the molecule is COCCN(C(=O)C(N)COC)C(C)c1ccccc1. The van der Waals surface area contributed by atoms with Gasteiger partial charge in [0, 0.05) is 20.8 Å². The van der Waals surface area contributed by atoms with Crippen molar-refractivity contribution in [3.63, 3.8) is 0 Å². The average Bonchev–Trinajstić information content (AvgIpc) is 2.48. The van der Waals surface area contributed by atoms with E-state index in [0.717, 1.165) is 5.56 Å². The first-order valence-corrected chi connectivity index (χ1v) is 6.70. The molecule has 20 heavy (non-hydrogen) atoms. The molecule has 1 aromatic rings. The number of methoxy groups -OCH3 is 2. The number of carbonyl (C=O) groups is 1. The van der Waals surface area contributed by atoms with Gasteiger partial charge in [-0.2, -0.15) is 0 Å². The van der Waals surface area contributed by atoms with Crippen molar-refractivity contribution >= 4 is 5.91 Å². The van der Waals surface area contributed by atoms with E-state index >= 15 is 0 Å². The van der Waals surface area contributed by atoms with Crippen LogP contribution in [-0.2, 0) is 14.3 Å². The molecule has 0 aliphatic heterocycles. The summed E-state index contributed by atoms with van der Waals surface area (Å²) in [6, 6.07) is 9.16. The third kappa shape index (κ3) is 4.59. The Morgan fingerprint density at radius 3 is 2.45 bits per heavy atom. The van der Waals surface area contributed by atoms with Crippen molar-refractivity contribution in [1.82, 2.24) is 4.90 Å². The molecule has 2 N–H and O–H groups in total. The van der Waals surface area contributed by atoms with Crippen molar-refractivity contribution in [2.75, 3.05) is 34.0 Å². The van der Waals surface area contributed by atoms with Gasteiger partial charge in [0.2, 0.25) is 5.91 Å². The summed E-state index contributed by atoms with van der Waals surface area (Å²) in [4.78, 5) is 14.2. The second kappa shape index (κ2) is 8.68. The number of hydrogen-bond acceptors (Lipinski definition) is 4. The van der Waals surface area contributed by atoms with Crippen LogP contribution in [0.4, 0.5) is 0 Å². The predicted molar refractivity (Wildman–Crippen MR) is 78.3 cm³/mol. The second-order valence-electron chi connectivity index (χ2n) is 4.67. The zero-order valence-corrected chi connectivity index (χ0v) is 12.4. The minimum atomic E-state index is -0.650. The third-order valence-electron chi connectivity index (χ3n) is 3.23. The molecule has 112 valence electrons. The molecule has 1 amide bonds. The van der Waals surface area contributed by atoms with Crippen LogP contribution in [0.5, 0.6) is 0 Å². The number of nitrogens with two attached hydrogens (primary N) is 1. The zero-order chi connectivity index (χ0) is 15.0. The van der Waals surface area contributed by atoms with Gasteiger partial charge < -0.3 is 20.1 Å². The molecule has 0 aromatic heterocycles. The van der Waals surface area contributed by atoms with E-state index in [9.17, 15) is 4.79 Å². The minimum Gasteiger partial charge on any atom is -0.383 e. The van der Waals surface area contributed by atoms with Gasteiger partial charge in [-0.15, -0.1) is 0 Å². The van der Waals surface area contributed by atoms with Crippen LogP contribution in [0.2, 0.25) is 0 Å². The Kier molecular flexibility index (Phi) is 7.22. The lowest BCUT2D eigenvalue weighted by atomic mass is 10.1. The topological polar surface area (TPSA) is 64.8 Å². The molecule has 0 spiro atoms. The lowest BCUT2D eigenvalue weighted by Gasteiger charge is -2.31. The molecule has 5 heteroatoms. The molecular weight excluding hydrogens is 256 g/mol. The van der Waals surface area contributed by atoms with Gasteiger partial charge in [0.05, 0.1) is 19.3 Å². The molecule has 0 heterocycles. The molecule has 0 aliphatic rings. The van der Waals surface area contributed by atoms with Crippen LogP contribution in [0.3, 0.4) is 0 Å². The van der Waals surface area contributed by atoms with Gasteiger partial charge in [0.1, 0.15) is 6.04 Å². The summed E-state index contributed by atoms with van der Waals surface area (Å²) in [6.07, 6.45) is 0. The maximum absolute atomic E-state index is 12.4. The Morgan fingerprint density at radius 2 is 1.90 bits per heavy atom. The molecule has 0 bridgehead atoms. The number of nitrogens with zero attached hydrogens (tertiary/aromatic N) is 1. The maximum Gasteiger partial charge on any atom is 0.242 e. The van der Waals surface area contributed by atoms with Crippen molar-refractivity contribution in [2.24, 2.45) is 5.73 Å². The van der Waals surface area contributed by atoms with Crippen LogP contribution >= 0.6 is 0 Å². The van der Waals surface area contributed by atoms with Gasteiger partial charge in [-0.05, 0) is 12.5 Å². The number of ether oxygens (including phenoxy) is 2. The van der Waals surface area contributed by atoms with E-state index < -0.39 is 6.04 Å². The van der Waals surface area contributed by atoms with E-state index in [1.165, 1.54) is 7.11 Å². The number of hydrogen-bond donors (Lipinski definition) is 1. The summed E-state index contributed by atoms with van der Waals surface area (Å²) in [5.41, 5.74) is 6.93. The van der Waals surface area contributed by atoms with Crippen molar-refractivity contribution in [2.45, 2.75) is 19.0 Å². The summed E-state index contributed by atoms with van der Waals surface area (Å²) in [7, 11) is 3.15. The molecular formula is C15H24N2O3. The Balaban J connectivity index is 2.85. The summed E-state index contributed by atoms with van der Waals surface area (Å²) in [5.74, 6) is -0.125. The van der Waals surface area contributed by atoms with E-state index in [0.29, 0.717) is 13.2 Å². The van der Waals surface area contributed by atoms with Crippen LogP contribution < -0.4 is 5.73 Å². The highest BCUT2D eigenvalue weighted by molar-refractivity contribution is 5.82. The molecule has 2 atom stereocenters. The first-order chi connectivity index (χ1) is 9.61. The monoisotopic (exact) mass is 280 g/mol. The highest BCUT2D eigenvalue weighted by atomic mass is 16.5. The van der Waals surface area contributed by atoms with Crippen LogP contribution in [0.15, 0.2) is 30.3 Å². The lowest BCUT2D eigenvalue weighted by Crippen LogP contribution is -2.48. The molecule has 5 nitrogen and oxygen atoms in total. The average molecular weight is 280 g/mol. The Bertz CT molecular complexity index is 397. The molecule has 1 aromatic carbocycles. The Labute approximate surface area is 120 Å². The van der Waals surface area contributed by atoms with Gasteiger partial charge in [0.15, 0.2) is 0 Å². The molecule has 2 unspecified atom stereocenters. The van der Waals surface area contributed by atoms with Crippen molar-refractivity contribution in [1.29, 1.82) is 0 Å². The van der Waals surface area contributed by atoms with Gasteiger partial charge in [-0.25, -0.2) is 0 Å². The highest BCUT2D eigenvalue weighted by Crippen LogP contribution is 2.20. The largest absolute Gasteiger partial charge is 0.383 e. The molecule has 1 rings (SSSR count). The number of benzene rings is 1. The Hall–Kier alpha value is -1.43. The minimum absolute atomic E-state index is 0.0539. The quantitative estimate of drug-likeness (QED) is 0.777. The predicted octanol–water partition coefficient (Wildman–Crippen LogP) is 1.20. The van der Waals surface area contributed by atoms with Crippen molar-refractivity contribution < 1.29 is 14.3 Å². The van der Waals surface area contributed by atoms with Gasteiger partial charge >= 0.3 is 0 Å². The van der Waals surface area contributed by atoms with Crippen LogP contribution in [0.1, 0.15) is 18.5 Å². The van der Waals surface area contributed by atoms with Gasteiger partial charge in [0.25, 0.3) is 0 Å². The summed E-state index contributed by atoms with van der Waals surface area (Å²) < 4.78 is 10.0. The van der Waals surface area contributed by atoms with E-state index in [-0.39, 0.29) is 18.6 Å². The van der Waals surface area contributed by atoms with Gasteiger partial charge in [-0.1, -0.05) is 30.3 Å². The lowest BCUT2D eigenvalue weighted by molar-refractivity contribution is -0.136. The van der Waals surface area contributed by atoms with Crippen molar-refractivity contribution in [3.8, 4) is 0 Å². The van der Waals surface area contributed by atoms with E-state index in [1.807, 2.05) is 37.3 Å². The summed E-state index contributed by atoms with van der Waals surface area (Å²) in [6.45, 7) is 3.18. The third-order valence-corrected chi connectivity index (χ3v) is 3.23. The van der Waals surface area contributed by atoms with E-state index in [2.05, 4.69) is 0 Å². The smallest absolute Gasteiger partial charge is 0.242 e. The number of amides is 1. The highest BCUT2D eigenvalue weighted by Gasteiger charge is 2.25. The fourth-order valence-electron chi connectivity index (χ4n) is 2.06. The summed E-state index contributed by atoms with van der Waals surface area (Å²) in [5, 5.41) is 0. The number of rotatable bonds is 8. The zero-order valence-electron chi connectivity index (χ0n) is 12.4. The van der Waals surface area contributed by atoms with Gasteiger partial charge in [-0.3, -0.25) is 4.79 Å². The first-order valence-electron chi connectivity index (χ1n) is 6.70. The van der Waals surface area contributed by atoms with E-state index in [4.69, 9.17) is 15.2 Å². The van der Waals surface area contributed by atoms with Crippen LogP contribution in [0.25, 0.3) is 0 Å². The first kappa shape index (κ1) is 16.6.